The predicted octanol–water partition coefficient (Wildman–Crippen LogP) is -0.964. The molecule has 200 valence electrons. The highest BCUT2D eigenvalue weighted by molar-refractivity contribution is 5.89. The van der Waals surface area contributed by atoms with Gasteiger partial charge in [0.1, 0.15) is 0 Å². The summed E-state index contributed by atoms with van der Waals surface area (Å²) >= 11 is 0. The number of hydrogen-bond acceptors (Lipinski definition) is 10. The monoisotopic (exact) mass is 519 g/mol. The third kappa shape index (κ3) is 7.44. The van der Waals surface area contributed by atoms with Gasteiger partial charge < -0.3 is 24.0 Å². The minimum atomic E-state index is -1.26. The van der Waals surface area contributed by atoms with E-state index in [2.05, 4.69) is 20.0 Å². The maximum absolute atomic E-state index is 12.5. The van der Waals surface area contributed by atoms with Gasteiger partial charge in [0.15, 0.2) is 17.0 Å². The normalized spacial score (nSPS) is 14.1. The SMILES string of the molecule is Cn1c(=O)c2c(ncn2CCCc2noc(CCN3CCOCC3)n2)n(C)c1=O.O=C(O)C=CC(=O)O. The number of aliphatic carboxylic acids is 2. The minimum absolute atomic E-state index is 0.342. The number of carbonyl (C=O) groups is 2. The second-order valence-corrected chi connectivity index (χ2v) is 8.24. The molecule has 0 aliphatic carbocycles. The number of carboxylic acids is 2. The summed E-state index contributed by atoms with van der Waals surface area (Å²) in [5, 5.41) is 19.7. The average molecular weight is 520 g/mol. The fourth-order valence-corrected chi connectivity index (χ4v) is 3.69. The molecule has 1 aliphatic heterocycles. The van der Waals surface area contributed by atoms with Gasteiger partial charge in [-0.15, -0.1) is 0 Å². The van der Waals surface area contributed by atoms with Crippen molar-refractivity contribution in [2.24, 2.45) is 14.1 Å². The molecule has 0 atom stereocenters. The molecule has 0 saturated carbocycles. The lowest BCUT2D eigenvalue weighted by atomic mass is 10.3. The van der Waals surface area contributed by atoms with E-state index >= 15 is 0 Å². The van der Waals surface area contributed by atoms with Crippen LogP contribution in [0, 0.1) is 0 Å². The lowest BCUT2D eigenvalue weighted by Crippen LogP contribution is -2.37. The molecule has 0 radical (unpaired) electrons. The maximum atomic E-state index is 12.5. The fraction of sp³-hybridized carbons (Fsp3) is 0.500. The molecule has 1 saturated heterocycles. The van der Waals surface area contributed by atoms with Crippen molar-refractivity contribution in [2.75, 3.05) is 32.8 Å². The topological polar surface area (TPSA) is 188 Å². The molecule has 4 rings (SSSR count). The Morgan fingerprint density at radius 1 is 1.03 bits per heavy atom. The van der Waals surface area contributed by atoms with Crippen molar-refractivity contribution in [1.29, 1.82) is 0 Å². The molecule has 3 aromatic heterocycles. The molecule has 1 fully saturated rings. The highest BCUT2D eigenvalue weighted by Gasteiger charge is 2.15. The summed E-state index contributed by atoms with van der Waals surface area (Å²) in [6, 6.07) is 0. The molecular weight excluding hydrogens is 490 g/mol. The number of aromatic nitrogens is 6. The lowest BCUT2D eigenvalue weighted by molar-refractivity contribution is -0.134. The number of aryl methyl sites for hydroxylation is 3. The van der Waals surface area contributed by atoms with Crippen molar-refractivity contribution in [3.63, 3.8) is 0 Å². The van der Waals surface area contributed by atoms with E-state index in [0.29, 0.717) is 48.0 Å². The van der Waals surface area contributed by atoms with Crippen LogP contribution in [0.5, 0.6) is 0 Å². The third-order valence-corrected chi connectivity index (χ3v) is 5.64. The number of carboxylic acid groups (broad SMARTS) is 2. The number of ether oxygens (including phenoxy) is 1. The molecule has 15 nitrogen and oxygen atoms in total. The molecule has 0 spiro atoms. The Bertz CT molecular complexity index is 1360. The van der Waals surface area contributed by atoms with Gasteiger partial charge >= 0.3 is 17.6 Å². The van der Waals surface area contributed by atoms with E-state index in [1.54, 1.807) is 17.9 Å². The van der Waals surface area contributed by atoms with E-state index in [4.69, 9.17) is 19.5 Å². The van der Waals surface area contributed by atoms with E-state index in [1.165, 1.54) is 11.6 Å². The van der Waals surface area contributed by atoms with Gasteiger partial charge in [0.05, 0.1) is 19.5 Å². The first-order valence-electron chi connectivity index (χ1n) is 11.5. The Kier molecular flexibility index (Phi) is 9.45. The molecule has 0 bridgehead atoms. The van der Waals surface area contributed by atoms with Crippen LogP contribution in [0.1, 0.15) is 18.1 Å². The molecule has 37 heavy (non-hydrogen) atoms. The Morgan fingerprint density at radius 3 is 2.35 bits per heavy atom. The summed E-state index contributed by atoms with van der Waals surface area (Å²) < 4.78 is 14.9. The Labute approximate surface area is 210 Å². The summed E-state index contributed by atoms with van der Waals surface area (Å²) in [6.45, 7) is 4.87. The van der Waals surface area contributed by atoms with Crippen molar-refractivity contribution < 1.29 is 29.1 Å². The van der Waals surface area contributed by atoms with E-state index in [1.807, 2.05) is 0 Å². The van der Waals surface area contributed by atoms with Crippen LogP contribution in [-0.2, 0) is 47.8 Å². The van der Waals surface area contributed by atoms with Crippen molar-refractivity contribution in [1.82, 2.24) is 33.7 Å². The van der Waals surface area contributed by atoms with Crippen LogP contribution in [-0.4, -0.2) is 88.7 Å². The zero-order valence-electron chi connectivity index (χ0n) is 20.6. The van der Waals surface area contributed by atoms with Gasteiger partial charge in [-0.05, 0) is 6.42 Å². The average Bonchev–Trinajstić information content (AvgIpc) is 3.52. The number of imidazole rings is 1. The number of morpholine rings is 1. The Balaban J connectivity index is 0.000000414. The van der Waals surface area contributed by atoms with Crippen molar-refractivity contribution in [2.45, 2.75) is 25.8 Å². The maximum Gasteiger partial charge on any atom is 0.332 e. The van der Waals surface area contributed by atoms with E-state index in [9.17, 15) is 19.2 Å². The first kappa shape index (κ1) is 27.5. The van der Waals surface area contributed by atoms with Crippen LogP contribution < -0.4 is 11.2 Å². The molecular formula is C22H29N7O8. The molecule has 0 amide bonds. The van der Waals surface area contributed by atoms with Crippen LogP contribution in [0.15, 0.2) is 32.6 Å². The van der Waals surface area contributed by atoms with Crippen molar-refractivity contribution in [3.05, 3.63) is 51.0 Å². The lowest BCUT2D eigenvalue weighted by Gasteiger charge is -2.25. The van der Waals surface area contributed by atoms with Crippen LogP contribution in [0.2, 0.25) is 0 Å². The highest BCUT2D eigenvalue weighted by atomic mass is 16.5. The number of nitrogens with zero attached hydrogens (tertiary/aromatic N) is 7. The van der Waals surface area contributed by atoms with Crippen LogP contribution in [0.4, 0.5) is 0 Å². The van der Waals surface area contributed by atoms with Crippen molar-refractivity contribution in [3.8, 4) is 0 Å². The predicted molar refractivity (Wildman–Crippen MR) is 128 cm³/mol. The second-order valence-electron chi connectivity index (χ2n) is 8.24. The minimum Gasteiger partial charge on any atom is -0.478 e. The molecule has 0 unspecified atom stereocenters. The third-order valence-electron chi connectivity index (χ3n) is 5.64. The Morgan fingerprint density at radius 2 is 1.70 bits per heavy atom. The van der Waals surface area contributed by atoms with Gasteiger partial charge in [0.25, 0.3) is 5.56 Å². The number of rotatable bonds is 9. The summed E-state index contributed by atoms with van der Waals surface area (Å²) in [7, 11) is 3.08. The van der Waals surface area contributed by atoms with Crippen LogP contribution in [0.3, 0.4) is 0 Å². The molecule has 2 N–H and O–H groups in total. The van der Waals surface area contributed by atoms with Crippen molar-refractivity contribution >= 4 is 23.1 Å². The van der Waals surface area contributed by atoms with Gasteiger partial charge in [0, 0.05) is 65.3 Å². The smallest absolute Gasteiger partial charge is 0.332 e. The highest BCUT2D eigenvalue weighted by Crippen LogP contribution is 2.09. The van der Waals surface area contributed by atoms with Crippen LogP contribution >= 0.6 is 0 Å². The first-order valence-corrected chi connectivity index (χ1v) is 11.5. The van der Waals surface area contributed by atoms with Gasteiger partial charge in [-0.1, -0.05) is 5.16 Å². The standard InChI is InChI=1S/C18H25N7O4.C4H4O4/c1-22-16-15(17(26)23(2)18(22)27)25(12-19-16)6-3-4-13-20-14(29-21-13)5-7-24-8-10-28-11-9-24;5-3(6)1-2-4(7)8/h12H,3-11H2,1-2H3;1-2H,(H,5,6)(H,7,8). The summed E-state index contributed by atoms with van der Waals surface area (Å²) in [5.74, 6) is -1.21. The largest absolute Gasteiger partial charge is 0.478 e. The van der Waals surface area contributed by atoms with Gasteiger partial charge in [-0.3, -0.25) is 18.8 Å². The zero-order chi connectivity index (χ0) is 26.9. The Hall–Kier alpha value is -4.11. The summed E-state index contributed by atoms with van der Waals surface area (Å²) in [6.07, 6.45) is 4.79. The van der Waals surface area contributed by atoms with Gasteiger partial charge in [0.2, 0.25) is 5.89 Å². The zero-order valence-corrected chi connectivity index (χ0v) is 20.6. The van der Waals surface area contributed by atoms with Gasteiger partial charge in [-0.25, -0.2) is 19.4 Å². The first-order chi connectivity index (χ1) is 17.7. The van der Waals surface area contributed by atoms with Gasteiger partial charge in [-0.2, -0.15) is 4.98 Å². The van der Waals surface area contributed by atoms with E-state index in [0.717, 1.165) is 50.3 Å². The quantitative estimate of drug-likeness (QED) is 0.330. The number of fused-ring (bicyclic) bond motifs is 1. The summed E-state index contributed by atoms with van der Waals surface area (Å²) in [5.41, 5.74) is 0.0895. The molecule has 4 heterocycles. The second kappa shape index (κ2) is 12.7. The molecule has 0 aromatic carbocycles. The van der Waals surface area contributed by atoms with Crippen LogP contribution in [0.25, 0.3) is 11.2 Å². The fourth-order valence-electron chi connectivity index (χ4n) is 3.69. The molecule has 3 aromatic rings. The number of hydrogen-bond donors (Lipinski definition) is 2. The molecule has 1 aliphatic rings. The molecule has 15 heteroatoms. The van der Waals surface area contributed by atoms with E-state index < -0.39 is 11.9 Å². The van der Waals surface area contributed by atoms with E-state index in [-0.39, 0.29) is 11.2 Å². The summed E-state index contributed by atoms with van der Waals surface area (Å²) in [4.78, 5) is 54.6.